The van der Waals surface area contributed by atoms with Crippen molar-refractivity contribution in [1.29, 1.82) is 0 Å². The van der Waals surface area contributed by atoms with E-state index < -0.39 is 12.0 Å². The lowest BCUT2D eigenvalue weighted by Crippen LogP contribution is -2.30. The molecule has 0 fully saturated rings. The van der Waals surface area contributed by atoms with Crippen LogP contribution < -0.4 is 5.32 Å². The number of carboxylic acids is 1. The number of rotatable bonds is 5. The second kappa shape index (κ2) is 6.76. The number of fused-ring (bicyclic) bond motifs is 1. The zero-order valence-corrected chi connectivity index (χ0v) is 14.1. The number of carboxylic acid groups (broad SMARTS) is 1. The molecule has 2 N–H and O–H groups in total. The molecule has 0 bridgehead atoms. The van der Waals surface area contributed by atoms with Crippen LogP contribution in [0.5, 0.6) is 0 Å². The molecule has 1 aromatic heterocycles. The van der Waals surface area contributed by atoms with Crippen molar-refractivity contribution in [3.63, 3.8) is 0 Å². The number of nitrogens with one attached hydrogen (secondary N) is 1. The Morgan fingerprint density at radius 1 is 1.20 bits per heavy atom. The van der Waals surface area contributed by atoms with Gasteiger partial charge in [-0.2, -0.15) is 0 Å². The van der Waals surface area contributed by atoms with E-state index in [1.54, 1.807) is 24.3 Å². The van der Waals surface area contributed by atoms with E-state index in [1.807, 2.05) is 42.8 Å². The second-order valence-corrected chi connectivity index (χ2v) is 5.96. The van der Waals surface area contributed by atoms with E-state index >= 15 is 0 Å². The molecule has 0 saturated carbocycles. The Morgan fingerprint density at radius 3 is 2.60 bits per heavy atom. The average molecular weight is 337 g/mol. The maximum atomic E-state index is 12.6. The maximum absolute atomic E-state index is 12.6. The van der Waals surface area contributed by atoms with E-state index in [9.17, 15) is 9.59 Å². The Labute approximate surface area is 145 Å². The molecule has 1 unspecified atom stereocenters. The maximum Gasteiger partial charge on any atom is 0.305 e. The number of carbonyl (C=O) groups excluding carboxylic acids is 1. The summed E-state index contributed by atoms with van der Waals surface area (Å²) < 4.78 is 1.95. The highest BCUT2D eigenvalue weighted by Crippen LogP contribution is 2.20. The first-order chi connectivity index (χ1) is 12.0. The SMILES string of the molecule is Cc1nc2cc(C(=O)NC(CC(=O)O)c3ccccc3)ccc2n1C. The molecule has 25 heavy (non-hydrogen) atoms. The summed E-state index contributed by atoms with van der Waals surface area (Å²) in [6, 6.07) is 13.8. The Hall–Kier alpha value is -3.15. The van der Waals surface area contributed by atoms with Crippen molar-refractivity contribution in [2.24, 2.45) is 7.05 Å². The molecular formula is C19H19N3O3. The number of carbonyl (C=O) groups is 2. The van der Waals surface area contributed by atoms with Gasteiger partial charge in [0.2, 0.25) is 0 Å². The van der Waals surface area contributed by atoms with E-state index in [2.05, 4.69) is 10.3 Å². The van der Waals surface area contributed by atoms with Gasteiger partial charge in [-0.1, -0.05) is 30.3 Å². The average Bonchev–Trinajstić information content (AvgIpc) is 2.88. The minimum Gasteiger partial charge on any atom is -0.481 e. The molecule has 3 rings (SSSR count). The quantitative estimate of drug-likeness (QED) is 0.750. The van der Waals surface area contributed by atoms with Crippen molar-refractivity contribution in [3.05, 3.63) is 65.5 Å². The minimum atomic E-state index is -0.968. The number of imidazole rings is 1. The van der Waals surface area contributed by atoms with Crippen molar-refractivity contribution in [3.8, 4) is 0 Å². The van der Waals surface area contributed by atoms with Crippen LogP contribution in [-0.4, -0.2) is 26.5 Å². The van der Waals surface area contributed by atoms with Crippen LogP contribution in [0.15, 0.2) is 48.5 Å². The third-order valence-corrected chi connectivity index (χ3v) is 4.25. The predicted molar refractivity (Wildman–Crippen MR) is 94.4 cm³/mol. The minimum absolute atomic E-state index is 0.180. The fourth-order valence-electron chi connectivity index (χ4n) is 2.82. The van der Waals surface area contributed by atoms with Gasteiger partial charge in [0.25, 0.3) is 5.91 Å². The van der Waals surface area contributed by atoms with Crippen LogP contribution in [0.2, 0.25) is 0 Å². The summed E-state index contributed by atoms with van der Waals surface area (Å²) in [6.07, 6.45) is -0.180. The van der Waals surface area contributed by atoms with Crippen LogP contribution in [-0.2, 0) is 11.8 Å². The molecule has 0 aliphatic heterocycles. The van der Waals surface area contributed by atoms with Gasteiger partial charge in [-0.05, 0) is 30.7 Å². The van der Waals surface area contributed by atoms with Gasteiger partial charge in [0.15, 0.2) is 0 Å². The third-order valence-electron chi connectivity index (χ3n) is 4.25. The highest BCUT2D eigenvalue weighted by atomic mass is 16.4. The van der Waals surface area contributed by atoms with E-state index in [1.165, 1.54) is 0 Å². The van der Waals surface area contributed by atoms with Crippen LogP contribution in [0.4, 0.5) is 0 Å². The number of nitrogens with zero attached hydrogens (tertiary/aromatic N) is 2. The van der Waals surface area contributed by atoms with Gasteiger partial charge in [-0.25, -0.2) is 4.98 Å². The number of amides is 1. The zero-order valence-electron chi connectivity index (χ0n) is 14.1. The highest BCUT2D eigenvalue weighted by Gasteiger charge is 2.19. The van der Waals surface area contributed by atoms with Crippen LogP contribution in [0.1, 0.15) is 34.2 Å². The molecule has 1 amide bonds. The standard InChI is InChI=1S/C19H19N3O3/c1-12-20-16-10-14(8-9-17(16)22(12)2)19(25)21-15(11-18(23)24)13-6-4-3-5-7-13/h3-10,15H,11H2,1-2H3,(H,21,25)(H,23,24). The first kappa shape index (κ1) is 16.7. The zero-order chi connectivity index (χ0) is 18.0. The molecule has 0 saturated heterocycles. The fourth-order valence-corrected chi connectivity index (χ4v) is 2.82. The Kier molecular flexibility index (Phi) is 4.52. The van der Waals surface area contributed by atoms with Gasteiger partial charge in [0.1, 0.15) is 5.82 Å². The monoisotopic (exact) mass is 337 g/mol. The molecule has 0 radical (unpaired) electrons. The summed E-state index contributed by atoms with van der Waals surface area (Å²) in [7, 11) is 1.92. The highest BCUT2D eigenvalue weighted by molar-refractivity contribution is 5.97. The van der Waals surface area contributed by atoms with Gasteiger partial charge in [0.05, 0.1) is 23.5 Å². The number of hydrogen-bond acceptors (Lipinski definition) is 3. The molecule has 0 spiro atoms. The molecular weight excluding hydrogens is 318 g/mol. The van der Waals surface area contributed by atoms with E-state index in [-0.39, 0.29) is 12.3 Å². The first-order valence-electron chi connectivity index (χ1n) is 7.96. The summed E-state index contributed by atoms with van der Waals surface area (Å²) >= 11 is 0. The molecule has 1 atom stereocenters. The molecule has 3 aromatic rings. The number of aliphatic carboxylic acids is 1. The summed E-state index contributed by atoms with van der Waals surface area (Å²) in [5.41, 5.74) is 2.89. The van der Waals surface area contributed by atoms with Crippen molar-refractivity contribution in [2.45, 2.75) is 19.4 Å². The lowest BCUT2D eigenvalue weighted by Gasteiger charge is -2.17. The number of benzene rings is 2. The largest absolute Gasteiger partial charge is 0.481 e. The van der Waals surface area contributed by atoms with Crippen molar-refractivity contribution >= 4 is 22.9 Å². The molecule has 0 aliphatic rings. The van der Waals surface area contributed by atoms with E-state index in [0.29, 0.717) is 5.56 Å². The van der Waals surface area contributed by atoms with Gasteiger partial charge in [-0.3, -0.25) is 9.59 Å². The van der Waals surface area contributed by atoms with Gasteiger partial charge < -0.3 is 15.0 Å². The lowest BCUT2D eigenvalue weighted by atomic mass is 10.0. The smallest absolute Gasteiger partial charge is 0.305 e. The molecule has 1 heterocycles. The number of hydrogen-bond donors (Lipinski definition) is 2. The van der Waals surface area contributed by atoms with E-state index in [4.69, 9.17) is 5.11 Å². The fraction of sp³-hybridized carbons (Fsp3) is 0.211. The molecule has 128 valence electrons. The Bertz CT molecular complexity index is 932. The topological polar surface area (TPSA) is 84.2 Å². The van der Waals surface area contributed by atoms with Gasteiger partial charge in [-0.15, -0.1) is 0 Å². The summed E-state index contributed by atoms with van der Waals surface area (Å²) in [6.45, 7) is 1.90. The molecule has 6 heteroatoms. The normalized spacial score (nSPS) is 12.1. The number of aromatic nitrogens is 2. The lowest BCUT2D eigenvalue weighted by molar-refractivity contribution is -0.137. The van der Waals surface area contributed by atoms with Gasteiger partial charge in [0, 0.05) is 12.6 Å². The van der Waals surface area contributed by atoms with Gasteiger partial charge >= 0.3 is 5.97 Å². The van der Waals surface area contributed by atoms with Crippen molar-refractivity contribution < 1.29 is 14.7 Å². The summed E-state index contributed by atoms with van der Waals surface area (Å²) in [5.74, 6) is -0.425. The number of aryl methyl sites for hydroxylation is 2. The predicted octanol–water partition coefficient (Wildman–Crippen LogP) is 2.83. The van der Waals surface area contributed by atoms with Crippen molar-refractivity contribution in [2.75, 3.05) is 0 Å². The van der Waals surface area contributed by atoms with E-state index in [0.717, 1.165) is 22.4 Å². The Morgan fingerprint density at radius 2 is 1.92 bits per heavy atom. The van der Waals surface area contributed by atoms with Crippen LogP contribution >= 0.6 is 0 Å². The Balaban J connectivity index is 1.87. The first-order valence-corrected chi connectivity index (χ1v) is 7.96. The molecule has 6 nitrogen and oxygen atoms in total. The molecule has 2 aromatic carbocycles. The second-order valence-electron chi connectivity index (χ2n) is 5.96. The van der Waals surface area contributed by atoms with Crippen LogP contribution in [0, 0.1) is 6.92 Å². The summed E-state index contributed by atoms with van der Waals surface area (Å²) in [4.78, 5) is 28.2. The van der Waals surface area contributed by atoms with Crippen molar-refractivity contribution in [1.82, 2.24) is 14.9 Å². The van der Waals surface area contributed by atoms with Crippen LogP contribution in [0.25, 0.3) is 11.0 Å². The summed E-state index contributed by atoms with van der Waals surface area (Å²) in [5, 5.41) is 12.0. The third kappa shape index (κ3) is 3.52. The molecule has 0 aliphatic carbocycles. The van der Waals surface area contributed by atoms with Crippen LogP contribution in [0.3, 0.4) is 0 Å².